The van der Waals surface area contributed by atoms with Crippen LogP contribution in [0, 0.1) is 0 Å². The first kappa shape index (κ1) is 15.5. The number of rotatable bonds is 3. The average molecular weight is 285 g/mol. The summed E-state index contributed by atoms with van der Waals surface area (Å²) in [5.41, 5.74) is 1.02. The maximum absolute atomic E-state index is 11.8. The maximum atomic E-state index is 11.8. The quantitative estimate of drug-likeness (QED) is 0.895. The van der Waals surface area contributed by atoms with E-state index in [1.165, 1.54) is 13.4 Å². The summed E-state index contributed by atoms with van der Waals surface area (Å²) in [6.07, 6.45) is 0.353. The Morgan fingerprint density at radius 2 is 1.95 bits per heavy atom. The van der Waals surface area contributed by atoms with Crippen molar-refractivity contribution in [3.63, 3.8) is 0 Å². The minimum Gasteiger partial charge on any atom is -0.493 e. The summed E-state index contributed by atoms with van der Waals surface area (Å²) in [4.78, 5) is 11.3. The van der Waals surface area contributed by atoms with E-state index in [4.69, 9.17) is 9.84 Å². The number of ether oxygens (including phenoxy) is 1. The number of amides is 1. The number of methoxy groups -OCH3 is 1. The van der Waals surface area contributed by atoms with Gasteiger partial charge in [-0.25, -0.2) is 4.79 Å². The maximum Gasteiger partial charge on any atom is 0.409 e. The van der Waals surface area contributed by atoms with Crippen molar-refractivity contribution in [1.29, 1.82) is 0 Å². The van der Waals surface area contributed by atoms with Crippen LogP contribution in [0.5, 0.6) is 5.75 Å². The smallest absolute Gasteiger partial charge is 0.409 e. The Kier molecular flexibility index (Phi) is 4.57. The van der Waals surface area contributed by atoms with E-state index in [2.05, 4.69) is 5.32 Å². The zero-order valence-electron chi connectivity index (χ0n) is 11.7. The molecule has 1 unspecified atom stereocenters. The number of hydrogen-bond acceptors (Lipinski definition) is 3. The van der Waals surface area contributed by atoms with Crippen LogP contribution in [0.15, 0.2) is 17.0 Å². The topological polar surface area (TPSA) is 75.6 Å². The van der Waals surface area contributed by atoms with Crippen LogP contribution < -0.4 is 10.1 Å². The number of benzene rings is 1. The van der Waals surface area contributed by atoms with Crippen molar-refractivity contribution in [3.05, 3.63) is 17.7 Å². The lowest BCUT2D eigenvalue weighted by Gasteiger charge is -2.22. The van der Waals surface area contributed by atoms with E-state index in [1.54, 1.807) is 12.1 Å². The standard InChI is InChI=1S/C13H19NO4S/c1-13(2,3)8-6-9(14-12(15)16)11(18-4)10(7-8)19(5)17/h6-7,14H,1-5H3,(H,15,16). The normalized spacial score (nSPS) is 12.9. The van der Waals surface area contributed by atoms with Gasteiger partial charge in [0.1, 0.15) is 0 Å². The van der Waals surface area contributed by atoms with Crippen LogP contribution in [-0.4, -0.2) is 28.8 Å². The molecule has 1 aromatic carbocycles. The van der Waals surface area contributed by atoms with Gasteiger partial charge in [0.25, 0.3) is 0 Å². The third-order valence-electron chi connectivity index (χ3n) is 2.68. The van der Waals surface area contributed by atoms with Crippen molar-refractivity contribution in [1.82, 2.24) is 0 Å². The van der Waals surface area contributed by atoms with Gasteiger partial charge >= 0.3 is 6.09 Å². The van der Waals surface area contributed by atoms with E-state index in [-0.39, 0.29) is 5.41 Å². The zero-order valence-corrected chi connectivity index (χ0v) is 12.6. The molecule has 0 heterocycles. The number of anilines is 1. The zero-order chi connectivity index (χ0) is 14.8. The molecule has 0 aromatic heterocycles. The molecule has 0 aliphatic heterocycles. The van der Waals surface area contributed by atoms with Crippen LogP contribution in [0.4, 0.5) is 10.5 Å². The summed E-state index contributed by atoms with van der Waals surface area (Å²) in [6, 6.07) is 3.51. The Morgan fingerprint density at radius 3 is 2.32 bits per heavy atom. The molecule has 2 N–H and O–H groups in total. The van der Waals surface area contributed by atoms with Gasteiger partial charge in [0.2, 0.25) is 0 Å². The molecule has 5 nitrogen and oxygen atoms in total. The van der Waals surface area contributed by atoms with Gasteiger partial charge in [0, 0.05) is 6.26 Å². The second kappa shape index (κ2) is 5.61. The summed E-state index contributed by atoms with van der Waals surface area (Å²) >= 11 is 0. The van der Waals surface area contributed by atoms with Gasteiger partial charge in [-0.05, 0) is 23.1 Å². The van der Waals surface area contributed by atoms with E-state index in [0.29, 0.717) is 16.3 Å². The molecular weight excluding hydrogens is 266 g/mol. The first-order chi connectivity index (χ1) is 8.66. The monoisotopic (exact) mass is 285 g/mol. The van der Waals surface area contributed by atoms with E-state index < -0.39 is 16.9 Å². The molecule has 0 radical (unpaired) electrons. The summed E-state index contributed by atoms with van der Waals surface area (Å²) in [5, 5.41) is 11.2. The molecule has 106 valence electrons. The molecule has 0 fully saturated rings. The van der Waals surface area contributed by atoms with Crippen LogP contribution >= 0.6 is 0 Å². The van der Waals surface area contributed by atoms with Gasteiger partial charge in [-0.15, -0.1) is 0 Å². The summed E-state index contributed by atoms with van der Waals surface area (Å²) in [5.74, 6) is 0.302. The molecule has 6 heteroatoms. The largest absolute Gasteiger partial charge is 0.493 e. The Hall–Kier alpha value is -1.56. The lowest BCUT2D eigenvalue weighted by atomic mass is 9.86. The van der Waals surface area contributed by atoms with Gasteiger partial charge in [0.05, 0.1) is 28.5 Å². The fourth-order valence-electron chi connectivity index (χ4n) is 1.67. The second-order valence-electron chi connectivity index (χ2n) is 5.19. The lowest BCUT2D eigenvalue weighted by Crippen LogP contribution is -2.15. The number of carbonyl (C=O) groups is 1. The Morgan fingerprint density at radius 1 is 1.37 bits per heavy atom. The highest BCUT2D eigenvalue weighted by molar-refractivity contribution is 7.84. The molecule has 0 aliphatic carbocycles. The summed E-state index contributed by atoms with van der Waals surface area (Å²) in [6.45, 7) is 6.01. The first-order valence-electron chi connectivity index (χ1n) is 5.72. The van der Waals surface area contributed by atoms with Gasteiger partial charge in [0.15, 0.2) is 5.75 Å². The van der Waals surface area contributed by atoms with Gasteiger partial charge in [-0.3, -0.25) is 9.53 Å². The van der Waals surface area contributed by atoms with Crippen LogP contribution in [0.25, 0.3) is 0 Å². The predicted octanol–water partition coefficient (Wildman–Crippen LogP) is 2.82. The highest BCUT2D eigenvalue weighted by Crippen LogP contribution is 2.36. The second-order valence-corrected chi connectivity index (χ2v) is 6.54. The minimum absolute atomic E-state index is 0.185. The van der Waals surface area contributed by atoms with Gasteiger partial charge < -0.3 is 9.84 Å². The average Bonchev–Trinajstić information content (AvgIpc) is 2.25. The van der Waals surface area contributed by atoms with Crippen molar-refractivity contribution < 1.29 is 18.8 Å². The molecule has 0 saturated carbocycles. The molecule has 0 bridgehead atoms. The molecule has 1 aromatic rings. The predicted molar refractivity (Wildman–Crippen MR) is 75.7 cm³/mol. The van der Waals surface area contributed by atoms with Crippen LogP contribution in [0.1, 0.15) is 26.3 Å². The van der Waals surface area contributed by atoms with E-state index >= 15 is 0 Å². The molecule has 1 rings (SSSR count). The van der Waals surface area contributed by atoms with E-state index in [0.717, 1.165) is 5.56 Å². The van der Waals surface area contributed by atoms with Gasteiger partial charge in [-0.1, -0.05) is 20.8 Å². The van der Waals surface area contributed by atoms with E-state index in [9.17, 15) is 9.00 Å². The molecule has 1 atom stereocenters. The molecule has 0 aliphatic rings. The van der Waals surface area contributed by atoms with Crippen LogP contribution in [0.3, 0.4) is 0 Å². The Labute approximate surface area is 115 Å². The van der Waals surface area contributed by atoms with E-state index in [1.807, 2.05) is 20.8 Å². The Balaban J connectivity index is 3.54. The minimum atomic E-state index is -1.27. The molecule has 19 heavy (non-hydrogen) atoms. The first-order valence-corrected chi connectivity index (χ1v) is 7.28. The number of hydrogen-bond donors (Lipinski definition) is 2. The lowest BCUT2D eigenvalue weighted by molar-refractivity contribution is 0.209. The van der Waals surface area contributed by atoms with Crippen LogP contribution in [0.2, 0.25) is 0 Å². The third-order valence-corrected chi connectivity index (χ3v) is 3.60. The van der Waals surface area contributed by atoms with Gasteiger partial charge in [-0.2, -0.15) is 0 Å². The SMILES string of the molecule is COc1c(NC(=O)O)cc(C(C)(C)C)cc1S(C)=O. The summed E-state index contributed by atoms with van der Waals surface area (Å²) < 4.78 is 17.0. The number of nitrogens with one attached hydrogen (secondary N) is 1. The summed E-state index contributed by atoms with van der Waals surface area (Å²) in [7, 11) is 0.158. The van der Waals surface area contributed by atoms with Crippen molar-refractivity contribution in [2.75, 3.05) is 18.7 Å². The van der Waals surface area contributed by atoms with Crippen LogP contribution in [-0.2, 0) is 16.2 Å². The fraction of sp³-hybridized carbons (Fsp3) is 0.462. The Bertz CT molecular complexity index is 520. The van der Waals surface area contributed by atoms with Crippen molar-refractivity contribution in [2.45, 2.75) is 31.1 Å². The number of carboxylic acid groups (broad SMARTS) is 1. The molecule has 0 spiro atoms. The highest BCUT2D eigenvalue weighted by Gasteiger charge is 2.21. The van der Waals surface area contributed by atoms with Crippen molar-refractivity contribution in [3.8, 4) is 5.75 Å². The van der Waals surface area contributed by atoms with Crippen molar-refractivity contribution >= 4 is 22.6 Å². The molecule has 0 saturated heterocycles. The fourth-order valence-corrected chi connectivity index (χ4v) is 2.41. The molecular formula is C13H19NO4S. The highest BCUT2D eigenvalue weighted by atomic mass is 32.2. The molecule has 1 amide bonds. The third kappa shape index (κ3) is 3.70. The van der Waals surface area contributed by atoms with Crippen molar-refractivity contribution in [2.24, 2.45) is 0 Å².